The van der Waals surface area contributed by atoms with Crippen LogP contribution in [0.15, 0.2) is 0 Å². The molecule has 0 spiro atoms. The number of hydrogen-bond acceptors (Lipinski definition) is 3. The first-order chi connectivity index (χ1) is 9.52. The molecule has 118 valence electrons. The van der Waals surface area contributed by atoms with E-state index in [2.05, 4.69) is 12.2 Å². The van der Waals surface area contributed by atoms with E-state index >= 15 is 0 Å². The lowest BCUT2D eigenvalue weighted by atomic mass is 10.1. The van der Waals surface area contributed by atoms with Gasteiger partial charge in [0.05, 0.1) is 0 Å². The SMILES string of the molecule is CCC1CCC(C)N1S(=O)(=O)N1CCCCC1CNC. The molecule has 2 aliphatic rings. The van der Waals surface area contributed by atoms with Gasteiger partial charge in [-0.05, 0) is 46.1 Å². The average Bonchev–Trinajstić information content (AvgIpc) is 2.81. The van der Waals surface area contributed by atoms with E-state index in [1.54, 1.807) is 8.61 Å². The second-order valence-electron chi connectivity index (χ2n) is 6.14. The summed E-state index contributed by atoms with van der Waals surface area (Å²) in [6, 6.07) is 0.443. The van der Waals surface area contributed by atoms with Crippen molar-refractivity contribution in [2.24, 2.45) is 0 Å². The highest BCUT2D eigenvalue weighted by Gasteiger charge is 2.43. The van der Waals surface area contributed by atoms with Gasteiger partial charge in [0.1, 0.15) is 0 Å². The van der Waals surface area contributed by atoms with Crippen LogP contribution >= 0.6 is 0 Å². The number of rotatable bonds is 5. The lowest BCUT2D eigenvalue weighted by Gasteiger charge is -2.39. The van der Waals surface area contributed by atoms with Gasteiger partial charge in [-0.25, -0.2) is 0 Å². The van der Waals surface area contributed by atoms with Gasteiger partial charge in [-0.3, -0.25) is 0 Å². The third-order valence-electron chi connectivity index (χ3n) is 4.76. The molecular formula is C14H29N3O2S. The van der Waals surface area contributed by atoms with Gasteiger partial charge >= 0.3 is 0 Å². The van der Waals surface area contributed by atoms with Gasteiger partial charge in [0.15, 0.2) is 0 Å². The Hall–Kier alpha value is -0.170. The highest BCUT2D eigenvalue weighted by Crippen LogP contribution is 2.33. The van der Waals surface area contributed by atoms with Crippen LogP contribution in [0.3, 0.4) is 0 Å². The highest BCUT2D eigenvalue weighted by molar-refractivity contribution is 7.86. The minimum atomic E-state index is -3.32. The van der Waals surface area contributed by atoms with Crippen LogP contribution in [0.2, 0.25) is 0 Å². The van der Waals surface area contributed by atoms with E-state index in [0.717, 1.165) is 45.1 Å². The Morgan fingerprint density at radius 1 is 1.15 bits per heavy atom. The van der Waals surface area contributed by atoms with Gasteiger partial charge < -0.3 is 5.32 Å². The van der Waals surface area contributed by atoms with Crippen molar-refractivity contribution in [2.75, 3.05) is 20.1 Å². The molecule has 0 aromatic rings. The summed E-state index contributed by atoms with van der Waals surface area (Å²) < 4.78 is 29.7. The molecule has 0 radical (unpaired) electrons. The second kappa shape index (κ2) is 6.73. The normalized spacial score (nSPS) is 33.6. The monoisotopic (exact) mass is 303 g/mol. The Morgan fingerprint density at radius 3 is 2.55 bits per heavy atom. The molecule has 3 atom stereocenters. The first-order valence-electron chi connectivity index (χ1n) is 7.97. The highest BCUT2D eigenvalue weighted by atomic mass is 32.2. The Bertz CT molecular complexity index is 411. The number of likely N-dealkylation sites (N-methyl/N-ethyl adjacent to an activating group) is 1. The predicted molar refractivity (Wildman–Crippen MR) is 81.8 cm³/mol. The van der Waals surface area contributed by atoms with Crippen molar-refractivity contribution in [3.63, 3.8) is 0 Å². The van der Waals surface area contributed by atoms with Crippen molar-refractivity contribution in [3.05, 3.63) is 0 Å². The molecule has 6 heteroatoms. The summed E-state index contributed by atoms with van der Waals surface area (Å²) in [5.41, 5.74) is 0. The van der Waals surface area contributed by atoms with Gasteiger partial charge in [0, 0.05) is 31.2 Å². The van der Waals surface area contributed by atoms with Crippen LogP contribution in [-0.4, -0.2) is 55.3 Å². The van der Waals surface area contributed by atoms with Gasteiger partial charge in [-0.1, -0.05) is 13.3 Å². The summed E-state index contributed by atoms with van der Waals surface area (Å²) in [5.74, 6) is 0. The fourth-order valence-electron chi connectivity index (χ4n) is 3.69. The standard InChI is InChI=1S/C14H29N3O2S/c1-4-13-9-8-12(2)17(13)20(18,19)16-10-6-5-7-14(16)11-15-3/h12-15H,4-11H2,1-3H3. The molecule has 2 fully saturated rings. The predicted octanol–water partition coefficient (Wildman–Crippen LogP) is 1.57. The minimum absolute atomic E-state index is 0.115. The Labute approximate surface area is 123 Å². The lowest BCUT2D eigenvalue weighted by molar-refractivity contribution is 0.215. The van der Waals surface area contributed by atoms with Gasteiger partial charge in [0.25, 0.3) is 10.2 Å². The fraction of sp³-hybridized carbons (Fsp3) is 1.00. The number of hydrogen-bond donors (Lipinski definition) is 1. The van der Waals surface area contributed by atoms with Crippen molar-refractivity contribution in [2.45, 2.75) is 70.5 Å². The van der Waals surface area contributed by atoms with Crippen LogP contribution < -0.4 is 5.32 Å². The van der Waals surface area contributed by atoms with E-state index in [1.807, 2.05) is 14.0 Å². The summed E-state index contributed by atoms with van der Waals surface area (Å²) in [6.07, 6.45) is 5.99. The third kappa shape index (κ3) is 3.03. The van der Waals surface area contributed by atoms with E-state index in [1.165, 1.54) is 0 Å². The van der Waals surface area contributed by atoms with Crippen molar-refractivity contribution in [1.82, 2.24) is 13.9 Å². The molecule has 0 bridgehead atoms. The Kier molecular flexibility index (Phi) is 5.45. The molecule has 2 saturated heterocycles. The van der Waals surface area contributed by atoms with Gasteiger partial charge in [0.2, 0.25) is 0 Å². The quantitative estimate of drug-likeness (QED) is 0.839. The first-order valence-corrected chi connectivity index (χ1v) is 9.37. The molecule has 0 amide bonds. The number of nitrogens with one attached hydrogen (secondary N) is 1. The summed E-state index contributed by atoms with van der Waals surface area (Å²) in [5, 5.41) is 3.14. The van der Waals surface area contributed by atoms with Crippen molar-refractivity contribution in [1.29, 1.82) is 0 Å². The van der Waals surface area contributed by atoms with Crippen molar-refractivity contribution < 1.29 is 8.42 Å². The number of piperidine rings is 1. The Balaban J connectivity index is 2.23. The number of nitrogens with zero attached hydrogens (tertiary/aromatic N) is 2. The molecular weight excluding hydrogens is 274 g/mol. The van der Waals surface area contributed by atoms with E-state index in [0.29, 0.717) is 6.54 Å². The van der Waals surface area contributed by atoms with E-state index in [-0.39, 0.29) is 18.1 Å². The molecule has 1 N–H and O–H groups in total. The molecule has 2 heterocycles. The molecule has 5 nitrogen and oxygen atoms in total. The molecule has 20 heavy (non-hydrogen) atoms. The molecule has 0 aromatic carbocycles. The van der Waals surface area contributed by atoms with Gasteiger partial charge in [-0.2, -0.15) is 17.0 Å². The minimum Gasteiger partial charge on any atom is -0.318 e. The lowest BCUT2D eigenvalue weighted by Crippen LogP contribution is -2.55. The summed E-state index contributed by atoms with van der Waals surface area (Å²) in [6.45, 7) is 5.56. The summed E-state index contributed by atoms with van der Waals surface area (Å²) in [7, 11) is -1.42. The average molecular weight is 303 g/mol. The van der Waals surface area contributed by atoms with Gasteiger partial charge in [-0.15, -0.1) is 0 Å². The third-order valence-corrected chi connectivity index (χ3v) is 7.02. The maximum absolute atomic E-state index is 13.1. The smallest absolute Gasteiger partial charge is 0.282 e. The van der Waals surface area contributed by atoms with Crippen molar-refractivity contribution in [3.8, 4) is 0 Å². The van der Waals surface area contributed by atoms with Crippen molar-refractivity contribution >= 4 is 10.2 Å². The molecule has 3 unspecified atom stereocenters. The zero-order chi connectivity index (χ0) is 14.8. The molecule has 2 rings (SSSR count). The van der Waals surface area contributed by atoms with Crippen LogP contribution in [0.4, 0.5) is 0 Å². The van der Waals surface area contributed by atoms with E-state index in [9.17, 15) is 8.42 Å². The zero-order valence-electron chi connectivity index (χ0n) is 13.0. The Morgan fingerprint density at radius 2 is 1.90 bits per heavy atom. The van der Waals surface area contributed by atoms with Crippen LogP contribution in [-0.2, 0) is 10.2 Å². The maximum Gasteiger partial charge on any atom is 0.282 e. The summed E-state index contributed by atoms with van der Waals surface area (Å²) in [4.78, 5) is 0. The second-order valence-corrected chi connectivity index (χ2v) is 7.93. The first kappa shape index (κ1) is 16.2. The van der Waals surface area contributed by atoms with Crippen LogP contribution in [0, 0.1) is 0 Å². The molecule has 0 aromatic heterocycles. The molecule has 0 saturated carbocycles. The van der Waals surface area contributed by atoms with E-state index < -0.39 is 10.2 Å². The van der Waals surface area contributed by atoms with E-state index in [4.69, 9.17) is 0 Å². The van der Waals surface area contributed by atoms with Crippen LogP contribution in [0.5, 0.6) is 0 Å². The zero-order valence-corrected chi connectivity index (χ0v) is 13.8. The van der Waals surface area contributed by atoms with Crippen LogP contribution in [0.25, 0.3) is 0 Å². The molecule has 2 aliphatic heterocycles. The summed E-state index contributed by atoms with van der Waals surface area (Å²) >= 11 is 0. The fourth-order valence-corrected chi connectivity index (χ4v) is 6.04. The van der Waals surface area contributed by atoms with Crippen LogP contribution in [0.1, 0.15) is 52.4 Å². The largest absolute Gasteiger partial charge is 0.318 e. The maximum atomic E-state index is 13.1. The topological polar surface area (TPSA) is 52.7 Å². The molecule has 0 aliphatic carbocycles.